The number of rotatable bonds is 5. The minimum atomic E-state index is -0.161. The molecule has 1 aromatic rings. The van der Waals surface area contributed by atoms with Crippen LogP contribution in [0.1, 0.15) is 50.6 Å². The average molecular weight is 278 g/mol. The minimum Gasteiger partial charge on any atom is -0.309 e. The Kier molecular flexibility index (Phi) is 5.17. The first-order chi connectivity index (χ1) is 9.60. The molecule has 0 saturated heterocycles. The summed E-state index contributed by atoms with van der Waals surface area (Å²) in [6, 6.07) is 7.28. The van der Waals surface area contributed by atoms with Gasteiger partial charge in [-0.3, -0.25) is 0 Å². The molecule has 0 radical (unpaired) electrons. The first kappa shape index (κ1) is 15.5. The monoisotopic (exact) mass is 278 g/mol. The number of halogens is 1. The molecule has 1 N–H and O–H groups in total. The van der Waals surface area contributed by atoms with E-state index in [-0.39, 0.29) is 17.4 Å². The second kappa shape index (κ2) is 6.68. The smallest absolute Gasteiger partial charge is 0.123 e. The molecule has 20 heavy (non-hydrogen) atoms. The van der Waals surface area contributed by atoms with Crippen molar-refractivity contribution in [2.75, 3.05) is 20.6 Å². The van der Waals surface area contributed by atoms with Gasteiger partial charge in [-0.05, 0) is 51.2 Å². The van der Waals surface area contributed by atoms with Crippen LogP contribution in [0.2, 0.25) is 0 Å². The molecule has 0 aromatic heterocycles. The quantitative estimate of drug-likeness (QED) is 0.882. The largest absolute Gasteiger partial charge is 0.309 e. The van der Waals surface area contributed by atoms with Gasteiger partial charge in [0.2, 0.25) is 0 Å². The number of benzene rings is 1. The third-order valence-electron chi connectivity index (χ3n) is 4.76. The van der Waals surface area contributed by atoms with Gasteiger partial charge in [-0.25, -0.2) is 4.39 Å². The molecule has 1 atom stereocenters. The van der Waals surface area contributed by atoms with E-state index < -0.39 is 0 Å². The Balaban J connectivity index is 2.35. The Morgan fingerprint density at radius 1 is 1.15 bits per heavy atom. The highest BCUT2D eigenvalue weighted by atomic mass is 19.1. The number of hydrogen-bond acceptors (Lipinski definition) is 2. The summed E-state index contributed by atoms with van der Waals surface area (Å²) in [6.45, 7) is 3.07. The highest BCUT2D eigenvalue weighted by molar-refractivity contribution is 5.24. The highest BCUT2D eigenvalue weighted by Crippen LogP contribution is 2.41. The summed E-state index contributed by atoms with van der Waals surface area (Å²) >= 11 is 0. The Bertz CT molecular complexity index is 408. The maximum absolute atomic E-state index is 13.2. The standard InChI is InChI=1S/C17H27FN2/c1-4-19-16(14-8-10-15(18)11-9-14)17(20(2)3)12-6-5-7-13-17/h8-11,16,19H,4-7,12-13H2,1-3H3. The average Bonchev–Trinajstić information content (AvgIpc) is 2.46. The molecule has 0 spiro atoms. The van der Waals surface area contributed by atoms with Crippen molar-refractivity contribution in [3.05, 3.63) is 35.6 Å². The van der Waals surface area contributed by atoms with Crippen LogP contribution >= 0.6 is 0 Å². The van der Waals surface area contributed by atoms with Crippen LogP contribution in [0.25, 0.3) is 0 Å². The van der Waals surface area contributed by atoms with E-state index in [0.29, 0.717) is 0 Å². The van der Waals surface area contributed by atoms with Crippen LogP contribution in [0.5, 0.6) is 0 Å². The van der Waals surface area contributed by atoms with Crippen LogP contribution in [0.15, 0.2) is 24.3 Å². The van der Waals surface area contributed by atoms with E-state index in [4.69, 9.17) is 0 Å². The molecule has 1 aromatic carbocycles. The molecule has 1 saturated carbocycles. The van der Waals surface area contributed by atoms with Gasteiger partial charge in [-0.15, -0.1) is 0 Å². The Hall–Kier alpha value is -0.930. The third-order valence-corrected chi connectivity index (χ3v) is 4.76. The SMILES string of the molecule is CCNC(c1ccc(F)cc1)C1(N(C)C)CCCCC1. The van der Waals surface area contributed by atoms with Gasteiger partial charge >= 0.3 is 0 Å². The van der Waals surface area contributed by atoms with Crippen molar-refractivity contribution in [3.8, 4) is 0 Å². The van der Waals surface area contributed by atoms with Gasteiger partial charge in [0.15, 0.2) is 0 Å². The second-order valence-corrected chi connectivity index (χ2v) is 6.10. The van der Waals surface area contributed by atoms with Crippen molar-refractivity contribution < 1.29 is 4.39 Å². The molecule has 0 heterocycles. The van der Waals surface area contributed by atoms with Crippen molar-refractivity contribution in [2.24, 2.45) is 0 Å². The molecule has 112 valence electrons. The van der Waals surface area contributed by atoms with E-state index in [2.05, 4.69) is 31.2 Å². The molecule has 0 amide bonds. The number of nitrogens with zero attached hydrogens (tertiary/aromatic N) is 1. The topological polar surface area (TPSA) is 15.3 Å². The molecular formula is C17H27FN2. The summed E-state index contributed by atoms with van der Waals surface area (Å²) in [4.78, 5) is 2.38. The Labute approximate surface area is 122 Å². The summed E-state index contributed by atoms with van der Waals surface area (Å²) in [7, 11) is 4.36. The Morgan fingerprint density at radius 3 is 2.25 bits per heavy atom. The molecule has 1 unspecified atom stereocenters. The summed E-state index contributed by atoms with van der Waals surface area (Å²) < 4.78 is 13.2. The summed E-state index contributed by atoms with van der Waals surface area (Å²) in [5.41, 5.74) is 1.34. The van der Waals surface area contributed by atoms with Crippen LogP contribution in [-0.4, -0.2) is 31.1 Å². The maximum atomic E-state index is 13.2. The normalized spacial score (nSPS) is 20.1. The predicted molar refractivity (Wildman–Crippen MR) is 82.3 cm³/mol. The summed E-state index contributed by atoms with van der Waals surface area (Å²) in [6.07, 6.45) is 6.30. The Morgan fingerprint density at radius 2 is 1.75 bits per heavy atom. The fourth-order valence-electron chi connectivity index (χ4n) is 3.64. The lowest BCUT2D eigenvalue weighted by molar-refractivity contribution is 0.0570. The van der Waals surface area contributed by atoms with Gasteiger partial charge < -0.3 is 10.2 Å². The fourth-order valence-corrected chi connectivity index (χ4v) is 3.64. The zero-order chi connectivity index (χ0) is 14.6. The van der Waals surface area contributed by atoms with Crippen molar-refractivity contribution in [1.82, 2.24) is 10.2 Å². The molecule has 1 fully saturated rings. The van der Waals surface area contributed by atoms with Crippen LogP contribution in [0.4, 0.5) is 4.39 Å². The number of hydrogen-bond donors (Lipinski definition) is 1. The van der Waals surface area contributed by atoms with Crippen LogP contribution in [0.3, 0.4) is 0 Å². The van der Waals surface area contributed by atoms with Crippen molar-refractivity contribution >= 4 is 0 Å². The summed E-state index contributed by atoms with van der Waals surface area (Å²) in [5.74, 6) is -0.161. The highest BCUT2D eigenvalue weighted by Gasteiger charge is 2.42. The third kappa shape index (κ3) is 3.04. The van der Waals surface area contributed by atoms with E-state index in [0.717, 1.165) is 6.54 Å². The van der Waals surface area contributed by atoms with Crippen molar-refractivity contribution in [1.29, 1.82) is 0 Å². The maximum Gasteiger partial charge on any atom is 0.123 e. The summed E-state index contributed by atoms with van der Waals surface area (Å²) in [5, 5.41) is 3.65. The van der Waals surface area contributed by atoms with E-state index >= 15 is 0 Å². The lowest BCUT2D eigenvalue weighted by atomic mass is 9.73. The molecule has 0 bridgehead atoms. The molecular weight excluding hydrogens is 251 g/mol. The minimum absolute atomic E-state index is 0.145. The van der Waals surface area contributed by atoms with Crippen molar-refractivity contribution in [3.63, 3.8) is 0 Å². The van der Waals surface area contributed by atoms with Crippen LogP contribution in [-0.2, 0) is 0 Å². The molecule has 1 aliphatic carbocycles. The molecule has 2 nitrogen and oxygen atoms in total. The van der Waals surface area contributed by atoms with Crippen molar-refractivity contribution in [2.45, 2.75) is 50.6 Å². The molecule has 0 aliphatic heterocycles. The zero-order valence-corrected chi connectivity index (χ0v) is 13.0. The molecule has 2 rings (SSSR count). The first-order valence-electron chi connectivity index (χ1n) is 7.76. The zero-order valence-electron chi connectivity index (χ0n) is 13.0. The molecule has 3 heteroatoms. The van der Waals surface area contributed by atoms with E-state index in [1.807, 2.05) is 12.1 Å². The second-order valence-electron chi connectivity index (χ2n) is 6.10. The number of nitrogens with one attached hydrogen (secondary N) is 1. The van der Waals surface area contributed by atoms with Gasteiger partial charge in [0.25, 0.3) is 0 Å². The van der Waals surface area contributed by atoms with E-state index in [1.54, 1.807) is 12.1 Å². The predicted octanol–water partition coefficient (Wildman–Crippen LogP) is 3.74. The van der Waals surface area contributed by atoms with E-state index in [1.165, 1.54) is 37.7 Å². The first-order valence-corrected chi connectivity index (χ1v) is 7.76. The van der Waals surface area contributed by atoms with Crippen LogP contribution < -0.4 is 5.32 Å². The number of likely N-dealkylation sites (N-methyl/N-ethyl adjacent to an activating group) is 2. The van der Waals surface area contributed by atoms with E-state index in [9.17, 15) is 4.39 Å². The lowest BCUT2D eigenvalue weighted by Gasteiger charge is -2.49. The lowest BCUT2D eigenvalue weighted by Crippen LogP contribution is -2.54. The van der Waals surface area contributed by atoms with Crippen LogP contribution in [0, 0.1) is 5.82 Å². The fraction of sp³-hybridized carbons (Fsp3) is 0.647. The van der Waals surface area contributed by atoms with Gasteiger partial charge in [0, 0.05) is 5.54 Å². The van der Waals surface area contributed by atoms with Gasteiger partial charge in [-0.2, -0.15) is 0 Å². The van der Waals surface area contributed by atoms with Gasteiger partial charge in [0.1, 0.15) is 5.82 Å². The van der Waals surface area contributed by atoms with Gasteiger partial charge in [0.05, 0.1) is 6.04 Å². The molecule has 1 aliphatic rings. The van der Waals surface area contributed by atoms with Gasteiger partial charge in [-0.1, -0.05) is 38.3 Å².